The second-order valence-corrected chi connectivity index (χ2v) is 6.15. The van der Waals surface area contributed by atoms with Gasteiger partial charge < -0.3 is 5.11 Å². The minimum atomic E-state index is -0.888. The van der Waals surface area contributed by atoms with Gasteiger partial charge in [0.1, 0.15) is 0 Å². The zero-order chi connectivity index (χ0) is 17.6. The summed E-state index contributed by atoms with van der Waals surface area (Å²) in [6.07, 6.45) is 1.06. The summed E-state index contributed by atoms with van der Waals surface area (Å²) in [5.74, 6) is -0.822. The van der Waals surface area contributed by atoms with Gasteiger partial charge in [-0.2, -0.15) is 5.10 Å². The highest BCUT2D eigenvalue weighted by molar-refractivity contribution is 6.02. The summed E-state index contributed by atoms with van der Waals surface area (Å²) in [7, 11) is 0. The lowest BCUT2D eigenvalue weighted by molar-refractivity contribution is -0.136. The molecule has 0 aliphatic heterocycles. The van der Waals surface area contributed by atoms with Crippen LogP contribution in [0.2, 0.25) is 0 Å². The number of hydrogen-bond acceptors (Lipinski definition) is 3. The molecule has 5 heteroatoms. The lowest BCUT2D eigenvalue weighted by atomic mass is 10.1. The number of carboxylic acids is 1. The molecule has 1 aliphatic rings. The Morgan fingerprint density at radius 2 is 1.64 bits per heavy atom. The van der Waals surface area contributed by atoms with Crippen molar-refractivity contribution < 1.29 is 14.7 Å². The fourth-order valence-corrected chi connectivity index (χ4v) is 2.88. The molecule has 1 amide bonds. The van der Waals surface area contributed by atoms with E-state index < -0.39 is 5.97 Å². The van der Waals surface area contributed by atoms with Crippen LogP contribution in [0.25, 0.3) is 0 Å². The van der Waals surface area contributed by atoms with Crippen LogP contribution in [0.1, 0.15) is 36.3 Å². The van der Waals surface area contributed by atoms with Crippen molar-refractivity contribution in [2.45, 2.75) is 25.2 Å². The van der Waals surface area contributed by atoms with Crippen molar-refractivity contribution >= 4 is 17.6 Å². The van der Waals surface area contributed by atoms with E-state index in [1.54, 1.807) is 0 Å². The van der Waals surface area contributed by atoms with Crippen LogP contribution >= 0.6 is 0 Å². The number of amides is 1. The van der Waals surface area contributed by atoms with Crippen molar-refractivity contribution in [1.29, 1.82) is 0 Å². The van der Waals surface area contributed by atoms with Gasteiger partial charge in [0, 0.05) is 12.3 Å². The largest absolute Gasteiger partial charge is 0.481 e. The summed E-state index contributed by atoms with van der Waals surface area (Å²) in [5.41, 5.74) is 5.19. The van der Waals surface area contributed by atoms with E-state index >= 15 is 0 Å². The number of hydrogen-bond donors (Lipinski definition) is 2. The maximum Gasteiger partial charge on any atom is 0.303 e. The smallest absolute Gasteiger partial charge is 0.303 e. The van der Waals surface area contributed by atoms with Crippen LogP contribution in [0.4, 0.5) is 0 Å². The van der Waals surface area contributed by atoms with Gasteiger partial charge in [-0.15, -0.1) is 0 Å². The third-order valence-electron chi connectivity index (χ3n) is 4.34. The van der Waals surface area contributed by atoms with Gasteiger partial charge in [0.25, 0.3) is 0 Å². The molecule has 2 aromatic rings. The highest BCUT2D eigenvalue weighted by Gasteiger charge is 2.43. The predicted octanol–water partition coefficient (Wildman–Crippen LogP) is 3.18. The van der Waals surface area contributed by atoms with Crippen LogP contribution in [0.3, 0.4) is 0 Å². The first-order valence-electron chi connectivity index (χ1n) is 8.33. The number of nitrogens with zero attached hydrogens (tertiary/aromatic N) is 1. The molecule has 25 heavy (non-hydrogen) atoms. The highest BCUT2D eigenvalue weighted by Crippen LogP contribution is 2.47. The van der Waals surface area contributed by atoms with Crippen LogP contribution in [0.15, 0.2) is 65.8 Å². The van der Waals surface area contributed by atoms with Crippen molar-refractivity contribution in [3.8, 4) is 0 Å². The summed E-state index contributed by atoms with van der Waals surface area (Å²) >= 11 is 0. The van der Waals surface area contributed by atoms with Gasteiger partial charge in [-0.3, -0.25) is 9.59 Å². The number of hydrazone groups is 1. The fraction of sp³-hybridized carbons (Fsp3) is 0.250. The van der Waals surface area contributed by atoms with E-state index in [9.17, 15) is 9.59 Å². The molecule has 0 unspecified atom stereocenters. The van der Waals surface area contributed by atoms with E-state index in [1.165, 1.54) is 5.56 Å². The van der Waals surface area contributed by atoms with Gasteiger partial charge in [0.15, 0.2) is 0 Å². The van der Waals surface area contributed by atoms with Gasteiger partial charge in [-0.25, -0.2) is 5.43 Å². The Kier molecular flexibility index (Phi) is 5.23. The first kappa shape index (κ1) is 16.9. The fourth-order valence-electron chi connectivity index (χ4n) is 2.88. The Labute approximate surface area is 146 Å². The molecule has 5 nitrogen and oxygen atoms in total. The third kappa shape index (κ3) is 4.53. The molecule has 1 aliphatic carbocycles. The molecule has 2 aromatic carbocycles. The number of carbonyl (C=O) groups excluding carboxylic acids is 1. The van der Waals surface area contributed by atoms with Gasteiger partial charge in [-0.1, -0.05) is 60.7 Å². The summed E-state index contributed by atoms with van der Waals surface area (Å²) < 4.78 is 0. The SMILES string of the molecule is O=C(O)CC/C(=N/NC(=O)[C@H]1C[C@H]1c1ccccc1)c1ccccc1. The molecule has 0 radical (unpaired) electrons. The number of carbonyl (C=O) groups is 2. The lowest BCUT2D eigenvalue weighted by Crippen LogP contribution is -2.22. The Morgan fingerprint density at radius 1 is 1.00 bits per heavy atom. The van der Waals surface area contributed by atoms with Crippen molar-refractivity contribution in [2.24, 2.45) is 11.0 Å². The minimum absolute atomic E-state index is 0.0281. The Balaban J connectivity index is 1.65. The molecule has 1 saturated carbocycles. The average molecular weight is 336 g/mol. The maximum absolute atomic E-state index is 12.3. The normalized spacial score (nSPS) is 19.3. The molecular weight excluding hydrogens is 316 g/mol. The summed E-state index contributed by atoms with van der Waals surface area (Å²) in [5, 5.41) is 13.1. The molecule has 2 atom stereocenters. The third-order valence-corrected chi connectivity index (χ3v) is 4.34. The zero-order valence-corrected chi connectivity index (χ0v) is 13.8. The van der Waals surface area contributed by atoms with Crippen molar-refractivity contribution in [3.05, 3.63) is 71.8 Å². The standard InChI is InChI=1S/C20H20N2O3/c23-19(24)12-11-18(15-9-5-2-6-10-15)21-22-20(25)17-13-16(17)14-7-3-1-4-8-14/h1-10,16-17H,11-13H2,(H,22,25)(H,23,24)/b21-18-/t16-,17-/m0/s1. The van der Waals surface area contributed by atoms with Crippen LogP contribution in [-0.4, -0.2) is 22.7 Å². The molecule has 3 rings (SSSR count). The number of nitrogens with one attached hydrogen (secondary N) is 1. The van der Waals surface area contributed by atoms with Gasteiger partial charge >= 0.3 is 5.97 Å². The number of carboxylic acid groups (broad SMARTS) is 1. The number of aliphatic carboxylic acids is 1. The lowest BCUT2D eigenvalue weighted by Gasteiger charge is -2.06. The molecule has 0 saturated heterocycles. The average Bonchev–Trinajstić information content (AvgIpc) is 3.44. The van der Waals surface area contributed by atoms with Crippen molar-refractivity contribution in [2.75, 3.05) is 0 Å². The molecule has 2 N–H and O–H groups in total. The van der Waals surface area contributed by atoms with Gasteiger partial charge in [-0.05, 0) is 23.5 Å². The van der Waals surface area contributed by atoms with Crippen LogP contribution in [0.5, 0.6) is 0 Å². The van der Waals surface area contributed by atoms with E-state index in [-0.39, 0.29) is 30.6 Å². The van der Waals surface area contributed by atoms with E-state index in [1.807, 2.05) is 60.7 Å². The zero-order valence-electron chi connectivity index (χ0n) is 13.8. The van der Waals surface area contributed by atoms with Crippen molar-refractivity contribution in [3.63, 3.8) is 0 Å². The molecule has 0 aromatic heterocycles. The second kappa shape index (κ2) is 7.75. The molecule has 0 spiro atoms. The summed E-state index contributed by atoms with van der Waals surface area (Å²) in [4.78, 5) is 23.2. The minimum Gasteiger partial charge on any atom is -0.481 e. The summed E-state index contributed by atoms with van der Waals surface area (Å²) in [6.45, 7) is 0. The monoisotopic (exact) mass is 336 g/mol. The molecule has 0 bridgehead atoms. The van der Waals surface area contributed by atoms with Crippen LogP contribution in [-0.2, 0) is 9.59 Å². The number of rotatable bonds is 7. The quantitative estimate of drug-likeness (QED) is 0.602. The van der Waals surface area contributed by atoms with Crippen LogP contribution < -0.4 is 5.43 Å². The first-order valence-corrected chi connectivity index (χ1v) is 8.33. The Bertz CT molecular complexity index is 772. The van der Waals surface area contributed by atoms with E-state index in [4.69, 9.17) is 5.11 Å². The first-order chi connectivity index (χ1) is 12.1. The van der Waals surface area contributed by atoms with E-state index in [0.29, 0.717) is 5.71 Å². The topological polar surface area (TPSA) is 78.8 Å². The molecular formula is C20H20N2O3. The van der Waals surface area contributed by atoms with E-state index in [0.717, 1.165) is 12.0 Å². The van der Waals surface area contributed by atoms with E-state index in [2.05, 4.69) is 10.5 Å². The van der Waals surface area contributed by atoms with Gasteiger partial charge in [0.2, 0.25) is 5.91 Å². The summed E-state index contributed by atoms with van der Waals surface area (Å²) in [6, 6.07) is 19.3. The molecule has 1 fully saturated rings. The Morgan fingerprint density at radius 3 is 2.28 bits per heavy atom. The Hall–Kier alpha value is -2.95. The van der Waals surface area contributed by atoms with Crippen LogP contribution in [0, 0.1) is 5.92 Å². The highest BCUT2D eigenvalue weighted by atomic mass is 16.4. The van der Waals surface area contributed by atoms with Gasteiger partial charge in [0.05, 0.1) is 12.1 Å². The molecule has 0 heterocycles. The predicted molar refractivity (Wildman–Crippen MR) is 95.3 cm³/mol. The molecule has 128 valence electrons. The second-order valence-electron chi connectivity index (χ2n) is 6.15. The maximum atomic E-state index is 12.3. The number of benzene rings is 2. The van der Waals surface area contributed by atoms with Crippen molar-refractivity contribution in [1.82, 2.24) is 5.43 Å².